The lowest BCUT2D eigenvalue weighted by Crippen LogP contribution is -2.10. The van der Waals surface area contributed by atoms with Gasteiger partial charge in [0.1, 0.15) is 0 Å². The van der Waals surface area contributed by atoms with Crippen molar-refractivity contribution < 1.29 is 0 Å². The largest absolute Gasteiger partial charge is 0.257 e. The summed E-state index contributed by atoms with van der Waals surface area (Å²) in [4.78, 5) is 4.62. The number of nitrogens with one attached hydrogen (secondary N) is 1. The van der Waals surface area contributed by atoms with Crippen molar-refractivity contribution in [2.24, 2.45) is 0 Å². The smallest absolute Gasteiger partial charge is 0.197 e. The van der Waals surface area contributed by atoms with Crippen molar-refractivity contribution in [2.75, 3.05) is 0 Å². The van der Waals surface area contributed by atoms with Crippen LogP contribution in [-0.2, 0) is 0 Å². The van der Waals surface area contributed by atoms with Gasteiger partial charge in [0, 0.05) is 12.1 Å². The normalized spacial score (nSPS) is 16.3. The Balaban J connectivity index is 1.67. The first kappa shape index (κ1) is 18.9. The number of hydrogen-bond donors (Lipinski definition) is 1. The third-order valence-corrected chi connectivity index (χ3v) is 5.62. The van der Waals surface area contributed by atoms with Gasteiger partial charge in [-0.25, -0.2) is 0 Å². The van der Waals surface area contributed by atoms with E-state index in [4.69, 9.17) is 0 Å². The van der Waals surface area contributed by atoms with Crippen molar-refractivity contribution in [1.29, 1.82) is 0 Å². The number of rotatable bonds is 5. The highest BCUT2D eigenvalue weighted by atomic mass is 15.5. The van der Waals surface area contributed by atoms with Gasteiger partial charge in [-0.05, 0) is 69.0 Å². The summed E-state index contributed by atoms with van der Waals surface area (Å²) in [6, 6.07) is 19.0. The first-order valence-electron chi connectivity index (χ1n) is 10.2. The molecular weight excluding hydrogens is 382 g/mol. The van der Waals surface area contributed by atoms with Gasteiger partial charge in [0.2, 0.25) is 0 Å². The molecule has 0 fully saturated rings. The molecule has 1 N–H and O–H groups in total. The monoisotopic (exact) mass is 403 g/mol. The fraction of sp³-hybridized carbons (Fsp3) is 0.0769. The number of aromatic nitrogens is 5. The van der Waals surface area contributed by atoms with Gasteiger partial charge in [0.05, 0.1) is 5.69 Å². The van der Waals surface area contributed by atoms with Crippen LogP contribution in [0.5, 0.6) is 0 Å². The SMILES string of the molecule is C=C/C=C(\C=C\c1nn[nH]n1)C1CC(c2ccccn2)=Cc2c1ccc1ccccc21. The average Bonchev–Trinajstić information content (AvgIpc) is 3.35. The zero-order valence-electron chi connectivity index (χ0n) is 16.9. The Bertz CT molecular complexity index is 1310. The van der Waals surface area contributed by atoms with Crippen LogP contribution >= 0.6 is 0 Å². The molecule has 0 radical (unpaired) electrons. The summed E-state index contributed by atoms with van der Waals surface area (Å²) in [5, 5.41) is 16.7. The molecule has 2 heterocycles. The maximum Gasteiger partial charge on any atom is 0.197 e. The minimum absolute atomic E-state index is 0.155. The second-order valence-electron chi connectivity index (χ2n) is 7.44. The van der Waals surface area contributed by atoms with Crippen molar-refractivity contribution in [1.82, 2.24) is 25.6 Å². The molecule has 5 rings (SSSR count). The number of nitrogens with zero attached hydrogens (tertiary/aromatic N) is 4. The van der Waals surface area contributed by atoms with E-state index in [9.17, 15) is 0 Å². The summed E-state index contributed by atoms with van der Waals surface area (Å²) in [5.41, 5.74) is 5.91. The molecule has 1 aliphatic rings. The Morgan fingerprint density at radius 1 is 1.06 bits per heavy atom. The summed E-state index contributed by atoms with van der Waals surface area (Å²) in [5.74, 6) is 0.702. The Kier molecular flexibility index (Phi) is 5.07. The van der Waals surface area contributed by atoms with Crippen LogP contribution < -0.4 is 0 Å². The van der Waals surface area contributed by atoms with Crippen molar-refractivity contribution in [3.8, 4) is 0 Å². The van der Waals surface area contributed by atoms with Gasteiger partial charge < -0.3 is 0 Å². The van der Waals surface area contributed by atoms with Crippen LogP contribution in [0, 0.1) is 0 Å². The molecular formula is C26H21N5. The van der Waals surface area contributed by atoms with Crippen LogP contribution in [0.2, 0.25) is 0 Å². The third-order valence-electron chi connectivity index (χ3n) is 5.62. The number of fused-ring (bicyclic) bond motifs is 3. The lowest BCUT2D eigenvalue weighted by atomic mass is 9.76. The minimum atomic E-state index is 0.155. The van der Waals surface area contributed by atoms with Gasteiger partial charge in [0.15, 0.2) is 5.82 Å². The summed E-state index contributed by atoms with van der Waals surface area (Å²) >= 11 is 0. The second-order valence-corrected chi connectivity index (χ2v) is 7.44. The first-order valence-corrected chi connectivity index (χ1v) is 10.2. The van der Waals surface area contributed by atoms with E-state index in [1.807, 2.05) is 30.5 Å². The molecule has 0 saturated carbocycles. The molecule has 2 aromatic carbocycles. The zero-order chi connectivity index (χ0) is 21.0. The van der Waals surface area contributed by atoms with Gasteiger partial charge in [-0.15, -0.1) is 10.2 Å². The molecule has 5 heteroatoms. The van der Waals surface area contributed by atoms with Gasteiger partial charge in [-0.2, -0.15) is 5.21 Å². The van der Waals surface area contributed by atoms with Crippen LogP contribution in [0.3, 0.4) is 0 Å². The van der Waals surface area contributed by atoms with E-state index in [1.165, 1.54) is 27.5 Å². The van der Waals surface area contributed by atoms with Gasteiger partial charge in [-0.3, -0.25) is 4.98 Å². The third kappa shape index (κ3) is 3.73. The van der Waals surface area contributed by atoms with Gasteiger partial charge in [0.25, 0.3) is 0 Å². The van der Waals surface area contributed by atoms with E-state index in [-0.39, 0.29) is 5.92 Å². The van der Waals surface area contributed by atoms with Crippen LogP contribution in [0.15, 0.2) is 91.2 Å². The molecule has 2 aromatic heterocycles. The molecule has 0 bridgehead atoms. The van der Waals surface area contributed by atoms with E-state index in [0.29, 0.717) is 5.82 Å². The predicted octanol–water partition coefficient (Wildman–Crippen LogP) is 5.60. The Labute approximate surface area is 180 Å². The van der Waals surface area contributed by atoms with Crippen LogP contribution in [0.4, 0.5) is 0 Å². The lowest BCUT2D eigenvalue weighted by molar-refractivity contribution is 0.830. The number of allylic oxidation sites excluding steroid dienone is 5. The molecule has 1 aliphatic carbocycles. The number of hydrogen-bond acceptors (Lipinski definition) is 4. The summed E-state index contributed by atoms with van der Waals surface area (Å²) < 4.78 is 0. The minimum Gasteiger partial charge on any atom is -0.257 e. The molecule has 0 amide bonds. The highest BCUT2D eigenvalue weighted by Crippen LogP contribution is 2.44. The number of aromatic amines is 1. The number of tetrazole rings is 1. The number of H-pyrrole nitrogens is 1. The van der Waals surface area contributed by atoms with Gasteiger partial charge >= 0.3 is 0 Å². The fourth-order valence-corrected chi connectivity index (χ4v) is 4.20. The summed E-state index contributed by atoms with van der Waals surface area (Å²) in [7, 11) is 0. The molecule has 0 spiro atoms. The van der Waals surface area contributed by atoms with Crippen LogP contribution in [0.25, 0.3) is 28.5 Å². The quantitative estimate of drug-likeness (QED) is 0.440. The Morgan fingerprint density at radius 2 is 1.97 bits per heavy atom. The van der Waals surface area contributed by atoms with Crippen LogP contribution in [0.1, 0.15) is 35.0 Å². The second kappa shape index (κ2) is 8.32. The highest BCUT2D eigenvalue weighted by molar-refractivity contribution is 5.98. The van der Waals surface area contributed by atoms with E-state index >= 15 is 0 Å². The standard InChI is InChI=1S/C26H21N5/c1-2-7-18(12-14-26-28-30-31-29-26)23-16-20(25-10-5-6-15-27-25)17-24-21-9-4-3-8-19(21)11-13-22(23)24/h2-15,17,23H,1,16H2,(H,28,29,30,31)/b14-12+,18-7+. The summed E-state index contributed by atoms with van der Waals surface area (Å²) in [6.45, 7) is 3.94. The summed E-state index contributed by atoms with van der Waals surface area (Å²) in [6.07, 6.45) is 12.8. The van der Waals surface area contributed by atoms with Crippen molar-refractivity contribution in [2.45, 2.75) is 12.3 Å². The Hall–Kier alpha value is -4.12. The molecule has 1 atom stereocenters. The molecule has 150 valence electrons. The number of benzene rings is 2. The Morgan fingerprint density at radius 3 is 2.77 bits per heavy atom. The van der Waals surface area contributed by atoms with E-state index in [2.05, 4.69) is 92.9 Å². The maximum absolute atomic E-state index is 4.62. The molecule has 5 nitrogen and oxygen atoms in total. The molecule has 0 aliphatic heterocycles. The van der Waals surface area contributed by atoms with Crippen LogP contribution in [-0.4, -0.2) is 25.6 Å². The van der Waals surface area contributed by atoms with E-state index in [0.717, 1.165) is 17.7 Å². The molecule has 4 aromatic rings. The molecule has 0 saturated heterocycles. The van der Waals surface area contributed by atoms with Crippen molar-refractivity contribution in [3.63, 3.8) is 0 Å². The average molecular weight is 403 g/mol. The highest BCUT2D eigenvalue weighted by Gasteiger charge is 2.26. The predicted molar refractivity (Wildman–Crippen MR) is 125 cm³/mol. The van der Waals surface area contributed by atoms with E-state index in [1.54, 1.807) is 0 Å². The lowest BCUT2D eigenvalue weighted by Gasteiger charge is -2.28. The number of pyridine rings is 1. The van der Waals surface area contributed by atoms with E-state index < -0.39 is 0 Å². The van der Waals surface area contributed by atoms with Gasteiger partial charge in [-0.1, -0.05) is 67.3 Å². The zero-order valence-corrected chi connectivity index (χ0v) is 16.9. The molecule has 1 unspecified atom stereocenters. The maximum atomic E-state index is 4.62. The first-order chi connectivity index (χ1) is 15.3. The topological polar surface area (TPSA) is 67.3 Å². The fourth-order valence-electron chi connectivity index (χ4n) is 4.20. The van der Waals surface area contributed by atoms with Crippen molar-refractivity contribution >= 4 is 28.5 Å². The van der Waals surface area contributed by atoms with Crippen molar-refractivity contribution in [3.05, 3.63) is 114 Å². The molecule has 31 heavy (non-hydrogen) atoms.